The maximum atomic E-state index is 12.5. The average molecular weight is 307 g/mol. The molecule has 0 heterocycles. The van der Waals surface area contributed by atoms with Gasteiger partial charge in [0.15, 0.2) is 0 Å². The van der Waals surface area contributed by atoms with Crippen molar-refractivity contribution in [3.05, 3.63) is 29.3 Å². The molecule has 114 valence electrons. The van der Waals surface area contributed by atoms with Crippen molar-refractivity contribution in [2.24, 2.45) is 0 Å². The molecule has 0 aromatic heterocycles. The summed E-state index contributed by atoms with van der Waals surface area (Å²) in [6.45, 7) is 1.54. The number of nitrogens with one attached hydrogen (secondary N) is 1. The van der Waals surface area contributed by atoms with E-state index < -0.39 is 10.0 Å². The number of sulfonamides is 1. The second kappa shape index (κ2) is 7.08. The van der Waals surface area contributed by atoms with Crippen LogP contribution in [0, 0.1) is 18.8 Å². The minimum absolute atomic E-state index is 0.0373. The van der Waals surface area contributed by atoms with Crippen molar-refractivity contribution in [3.63, 3.8) is 0 Å². The maximum absolute atomic E-state index is 12.5. The molecule has 21 heavy (non-hydrogen) atoms. The first kappa shape index (κ1) is 16.0. The van der Waals surface area contributed by atoms with Gasteiger partial charge in [-0.25, -0.2) is 13.1 Å². The molecule has 2 rings (SSSR count). The molecule has 1 aromatic rings. The van der Waals surface area contributed by atoms with E-state index in [-0.39, 0.29) is 17.5 Å². The molecule has 0 unspecified atom stereocenters. The summed E-state index contributed by atoms with van der Waals surface area (Å²) in [5.41, 5.74) is 1.30. The Balaban J connectivity index is 2.25. The van der Waals surface area contributed by atoms with E-state index in [0.717, 1.165) is 25.7 Å². The summed E-state index contributed by atoms with van der Waals surface area (Å²) in [5, 5.41) is 8.72. The van der Waals surface area contributed by atoms with E-state index in [2.05, 4.69) is 16.6 Å². The zero-order valence-corrected chi connectivity index (χ0v) is 13.0. The van der Waals surface area contributed by atoms with Gasteiger partial charge in [0.25, 0.3) is 0 Å². The highest BCUT2D eigenvalue weighted by atomic mass is 32.2. The molecule has 0 bridgehead atoms. The van der Waals surface area contributed by atoms with Crippen LogP contribution in [-0.2, 0) is 10.0 Å². The lowest BCUT2D eigenvalue weighted by molar-refractivity contribution is 0.350. The molecular formula is C16H21NO3S. The Morgan fingerprint density at radius 1 is 1.29 bits per heavy atom. The first-order valence-electron chi connectivity index (χ1n) is 7.25. The van der Waals surface area contributed by atoms with E-state index in [1.165, 1.54) is 6.42 Å². The van der Waals surface area contributed by atoms with Gasteiger partial charge < -0.3 is 5.11 Å². The molecule has 4 nitrogen and oxygen atoms in total. The molecule has 1 aliphatic rings. The lowest BCUT2D eigenvalue weighted by atomic mass is 9.96. The van der Waals surface area contributed by atoms with Gasteiger partial charge in [-0.3, -0.25) is 0 Å². The summed E-state index contributed by atoms with van der Waals surface area (Å²) in [4.78, 5) is 0.276. The number of aliphatic hydroxyl groups excluding tert-OH is 1. The Bertz CT molecular complexity index is 650. The van der Waals surface area contributed by atoms with Crippen LogP contribution in [0.25, 0.3) is 0 Å². The first-order chi connectivity index (χ1) is 10.0. The van der Waals surface area contributed by atoms with Crippen LogP contribution < -0.4 is 4.72 Å². The lowest BCUT2D eigenvalue weighted by Gasteiger charge is -2.23. The van der Waals surface area contributed by atoms with Crippen LogP contribution in [0.1, 0.15) is 43.2 Å². The summed E-state index contributed by atoms with van der Waals surface area (Å²) in [5.74, 6) is 5.28. The van der Waals surface area contributed by atoms with E-state index in [1.54, 1.807) is 25.1 Å². The quantitative estimate of drug-likeness (QED) is 0.839. The third-order valence-electron chi connectivity index (χ3n) is 3.72. The molecule has 0 amide bonds. The molecule has 1 aromatic carbocycles. The van der Waals surface area contributed by atoms with Crippen molar-refractivity contribution < 1.29 is 13.5 Å². The third kappa shape index (κ3) is 4.31. The summed E-state index contributed by atoms with van der Waals surface area (Å²) < 4.78 is 27.9. The second-order valence-corrected chi connectivity index (χ2v) is 7.08. The van der Waals surface area contributed by atoms with Gasteiger partial charge >= 0.3 is 0 Å². The van der Waals surface area contributed by atoms with Gasteiger partial charge in [-0.05, 0) is 37.5 Å². The second-order valence-electron chi connectivity index (χ2n) is 5.40. The Morgan fingerprint density at radius 2 is 2.00 bits per heavy atom. The summed E-state index contributed by atoms with van der Waals surface area (Å²) >= 11 is 0. The Labute approximate surface area is 126 Å². The monoisotopic (exact) mass is 307 g/mol. The van der Waals surface area contributed by atoms with Gasteiger partial charge in [0.2, 0.25) is 10.0 Å². The van der Waals surface area contributed by atoms with Crippen LogP contribution in [0.5, 0.6) is 0 Å². The van der Waals surface area contributed by atoms with E-state index in [9.17, 15) is 8.42 Å². The maximum Gasteiger partial charge on any atom is 0.241 e. The Kier molecular flexibility index (Phi) is 5.40. The SMILES string of the molecule is Cc1ccc(C#CCO)cc1S(=O)(=O)NC1CCCCC1. The Hall–Kier alpha value is -1.35. The fraction of sp³-hybridized carbons (Fsp3) is 0.500. The highest BCUT2D eigenvalue weighted by Gasteiger charge is 2.23. The molecule has 1 fully saturated rings. The number of rotatable bonds is 3. The average Bonchev–Trinajstić information content (AvgIpc) is 2.47. The Morgan fingerprint density at radius 3 is 2.67 bits per heavy atom. The van der Waals surface area contributed by atoms with E-state index in [4.69, 9.17) is 5.11 Å². The van der Waals surface area contributed by atoms with Gasteiger partial charge in [-0.1, -0.05) is 37.2 Å². The molecule has 0 spiro atoms. The number of aliphatic hydroxyl groups is 1. The van der Waals surface area contributed by atoms with Gasteiger partial charge in [-0.2, -0.15) is 0 Å². The van der Waals surface area contributed by atoms with Crippen molar-refractivity contribution in [2.75, 3.05) is 6.61 Å². The fourth-order valence-corrected chi connectivity index (χ4v) is 4.19. The zero-order chi connectivity index (χ0) is 15.3. The largest absolute Gasteiger partial charge is 0.384 e. The van der Waals surface area contributed by atoms with Crippen molar-refractivity contribution in [1.82, 2.24) is 4.72 Å². The molecule has 2 N–H and O–H groups in total. The van der Waals surface area contributed by atoms with E-state index in [1.807, 2.05) is 0 Å². The van der Waals surface area contributed by atoms with E-state index >= 15 is 0 Å². The standard InChI is InChI=1S/C16H21NO3S/c1-13-9-10-14(6-5-11-18)12-16(13)21(19,20)17-15-7-3-2-4-8-15/h9-10,12,15,17-18H,2-4,7-8,11H2,1H3. The van der Waals surface area contributed by atoms with Crippen molar-refractivity contribution in [1.29, 1.82) is 0 Å². The summed E-state index contributed by atoms with van der Waals surface area (Å²) in [6, 6.07) is 5.12. The molecule has 1 aliphatic carbocycles. The van der Waals surface area contributed by atoms with Gasteiger partial charge in [0.05, 0.1) is 4.90 Å². The predicted octanol–water partition coefficient (Wildman–Crippen LogP) is 1.95. The number of aryl methyl sites for hydroxylation is 1. The van der Waals surface area contributed by atoms with Gasteiger partial charge in [-0.15, -0.1) is 0 Å². The van der Waals surface area contributed by atoms with E-state index in [0.29, 0.717) is 11.1 Å². The number of benzene rings is 1. The predicted molar refractivity (Wildman–Crippen MR) is 82.3 cm³/mol. The highest BCUT2D eigenvalue weighted by Crippen LogP contribution is 2.22. The van der Waals surface area contributed by atoms with Crippen LogP contribution in [0.2, 0.25) is 0 Å². The lowest BCUT2D eigenvalue weighted by Crippen LogP contribution is -2.36. The number of hydrogen-bond acceptors (Lipinski definition) is 3. The van der Waals surface area contributed by atoms with Crippen LogP contribution in [0.4, 0.5) is 0 Å². The fourth-order valence-electron chi connectivity index (χ4n) is 2.61. The van der Waals surface area contributed by atoms with Crippen LogP contribution >= 0.6 is 0 Å². The molecule has 0 atom stereocenters. The minimum Gasteiger partial charge on any atom is -0.384 e. The molecule has 0 aliphatic heterocycles. The topological polar surface area (TPSA) is 66.4 Å². The smallest absolute Gasteiger partial charge is 0.241 e. The highest BCUT2D eigenvalue weighted by molar-refractivity contribution is 7.89. The first-order valence-corrected chi connectivity index (χ1v) is 8.74. The van der Waals surface area contributed by atoms with Gasteiger partial charge in [0.1, 0.15) is 6.61 Å². The summed E-state index contributed by atoms with van der Waals surface area (Å²) in [6.07, 6.45) is 5.15. The normalized spacial score (nSPS) is 16.3. The minimum atomic E-state index is -3.52. The van der Waals surface area contributed by atoms with Crippen molar-refractivity contribution in [3.8, 4) is 11.8 Å². The zero-order valence-electron chi connectivity index (χ0n) is 12.2. The van der Waals surface area contributed by atoms with Crippen molar-refractivity contribution >= 4 is 10.0 Å². The molecule has 0 radical (unpaired) electrons. The third-order valence-corrected chi connectivity index (χ3v) is 5.38. The van der Waals surface area contributed by atoms with Crippen molar-refractivity contribution in [2.45, 2.75) is 50.0 Å². The van der Waals surface area contributed by atoms with Crippen LogP contribution in [0.15, 0.2) is 23.1 Å². The number of hydrogen-bond donors (Lipinski definition) is 2. The molecule has 5 heteroatoms. The molecular weight excluding hydrogens is 286 g/mol. The molecule has 1 saturated carbocycles. The summed E-state index contributed by atoms with van der Waals surface area (Å²) in [7, 11) is -3.52. The van der Waals surface area contributed by atoms with Crippen LogP contribution in [0.3, 0.4) is 0 Å². The molecule has 0 saturated heterocycles. The van der Waals surface area contributed by atoms with Crippen LogP contribution in [-0.4, -0.2) is 26.2 Å². The van der Waals surface area contributed by atoms with Gasteiger partial charge in [0, 0.05) is 11.6 Å².